The SMILES string of the molecule is Cc1cc(S(=O)(=O)NCl)ccc1Cl. The lowest BCUT2D eigenvalue weighted by molar-refractivity contribution is 0.594. The predicted octanol–water partition coefficient (Wildman–Crippen LogP) is 2.08. The van der Waals surface area contributed by atoms with Gasteiger partial charge in [0.05, 0.1) is 4.90 Å². The van der Waals surface area contributed by atoms with Crippen molar-refractivity contribution in [2.24, 2.45) is 0 Å². The maximum Gasteiger partial charge on any atom is 0.253 e. The van der Waals surface area contributed by atoms with E-state index in [-0.39, 0.29) is 4.90 Å². The smallest absolute Gasteiger partial charge is 0.206 e. The Kier molecular flexibility index (Phi) is 3.18. The molecule has 0 aromatic heterocycles. The van der Waals surface area contributed by atoms with Gasteiger partial charge in [-0.05, 0) is 42.5 Å². The predicted molar refractivity (Wildman–Crippen MR) is 52.4 cm³/mol. The quantitative estimate of drug-likeness (QED) is 0.804. The van der Waals surface area contributed by atoms with Crippen LogP contribution in [-0.4, -0.2) is 8.42 Å². The molecule has 0 saturated carbocycles. The third-order valence-corrected chi connectivity index (χ3v) is 3.65. The van der Waals surface area contributed by atoms with E-state index in [1.807, 2.05) is 0 Å². The number of nitrogens with one attached hydrogen (secondary N) is 1. The molecule has 3 nitrogen and oxygen atoms in total. The fourth-order valence-corrected chi connectivity index (χ4v) is 1.88. The zero-order chi connectivity index (χ0) is 10.1. The second-order valence-corrected chi connectivity index (χ2v) is 4.99. The fraction of sp³-hybridized carbons (Fsp3) is 0.143. The molecule has 0 aliphatic carbocycles. The van der Waals surface area contributed by atoms with Crippen LogP contribution < -0.4 is 4.24 Å². The molecule has 0 aliphatic rings. The molecule has 0 bridgehead atoms. The third kappa shape index (κ3) is 2.34. The van der Waals surface area contributed by atoms with Crippen LogP contribution in [0.15, 0.2) is 23.1 Å². The summed E-state index contributed by atoms with van der Waals surface area (Å²) in [6, 6.07) is 4.35. The standard InChI is InChI=1S/C7H7Cl2NO2S/c1-5-4-6(2-3-7(5)8)13(11,12)10-9/h2-4,10H,1H3. The molecular formula is C7H7Cl2NO2S. The van der Waals surface area contributed by atoms with Crippen molar-refractivity contribution in [2.75, 3.05) is 0 Å². The highest BCUT2D eigenvalue weighted by Crippen LogP contribution is 2.19. The van der Waals surface area contributed by atoms with E-state index in [2.05, 4.69) is 0 Å². The van der Waals surface area contributed by atoms with Crippen molar-refractivity contribution in [3.05, 3.63) is 28.8 Å². The van der Waals surface area contributed by atoms with E-state index in [1.54, 1.807) is 11.2 Å². The summed E-state index contributed by atoms with van der Waals surface area (Å²) in [5.74, 6) is 0. The van der Waals surface area contributed by atoms with Gasteiger partial charge in [0, 0.05) is 5.02 Å². The van der Waals surface area contributed by atoms with Crippen LogP contribution in [0.2, 0.25) is 5.02 Å². The Balaban J connectivity index is 3.27. The normalized spacial score (nSPS) is 11.6. The van der Waals surface area contributed by atoms with Crippen LogP contribution in [0, 0.1) is 6.92 Å². The molecule has 0 amide bonds. The summed E-state index contributed by atoms with van der Waals surface area (Å²) in [5.41, 5.74) is 0.689. The van der Waals surface area contributed by atoms with Crippen molar-refractivity contribution >= 4 is 33.4 Å². The summed E-state index contributed by atoms with van der Waals surface area (Å²) in [4.78, 5) is 0.101. The third-order valence-electron chi connectivity index (χ3n) is 1.54. The lowest BCUT2D eigenvalue weighted by Gasteiger charge is -2.02. The molecule has 0 saturated heterocycles. The van der Waals surface area contributed by atoms with E-state index < -0.39 is 10.0 Å². The van der Waals surface area contributed by atoms with Gasteiger partial charge in [-0.25, -0.2) is 8.42 Å². The van der Waals surface area contributed by atoms with Crippen LogP contribution in [0.4, 0.5) is 0 Å². The van der Waals surface area contributed by atoms with Crippen LogP contribution in [0.1, 0.15) is 5.56 Å². The van der Waals surface area contributed by atoms with Gasteiger partial charge in [-0.2, -0.15) is 0 Å². The maximum absolute atomic E-state index is 11.2. The van der Waals surface area contributed by atoms with Crippen molar-refractivity contribution in [3.63, 3.8) is 0 Å². The Bertz CT molecular complexity index is 417. The molecular weight excluding hydrogens is 233 g/mol. The summed E-state index contributed by atoms with van der Waals surface area (Å²) < 4.78 is 24.1. The van der Waals surface area contributed by atoms with Crippen molar-refractivity contribution in [2.45, 2.75) is 11.8 Å². The zero-order valence-corrected chi connectivity index (χ0v) is 9.04. The highest BCUT2D eigenvalue weighted by molar-refractivity contribution is 7.90. The first-order valence-electron chi connectivity index (χ1n) is 3.36. The number of aryl methyl sites for hydroxylation is 1. The molecule has 72 valence electrons. The Labute approximate surface area is 86.8 Å². The van der Waals surface area contributed by atoms with Gasteiger partial charge >= 0.3 is 0 Å². The molecule has 0 fully saturated rings. The number of benzene rings is 1. The van der Waals surface area contributed by atoms with Crippen LogP contribution in [-0.2, 0) is 10.0 Å². The topological polar surface area (TPSA) is 46.2 Å². The second kappa shape index (κ2) is 3.84. The number of halogens is 2. The molecule has 0 unspecified atom stereocenters. The van der Waals surface area contributed by atoms with Gasteiger partial charge < -0.3 is 0 Å². The van der Waals surface area contributed by atoms with Gasteiger partial charge in [0.2, 0.25) is 0 Å². The number of hydrogen-bond donors (Lipinski definition) is 1. The molecule has 0 radical (unpaired) electrons. The first kappa shape index (κ1) is 10.8. The first-order chi connectivity index (χ1) is 5.97. The molecule has 0 atom stereocenters. The highest BCUT2D eigenvalue weighted by atomic mass is 35.5. The molecule has 1 aromatic rings. The highest BCUT2D eigenvalue weighted by Gasteiger charge is 2.12. The number of rotatable bonds is 2. The summed E-state index contributed by atoms with van der Waals surface area (Å²) in [5, 5.41) is 0.522. The Morgan fingerprint density at radius 1 is 1.38 bits per heavy atom. The molecule has 0 spiro atoms. The van der Waals surface area contributed by atoms with Gasteiger partial charge in [-0.3, -0.25) is 0 Å². The Hall–Kier alpha value is -0.290. The largest absolute Gasteiger partial charge is 0.253 e. The van der Waals surface area contributed by atoms with Crippen molar-refractivity contribution in [3.8, 4) is 0 Å². The summed E-state index contributed by atoms with van der Waals surface area (Å²) in [7, 11) is -3.58. The molecule has 1 N–H and O–H groups in total. The first-order valence-corrected chi connectivity index (χ1v) is 5.60. The van der Waals surface area contributed by atoms with Gasteiger partial charge in [0.1, 0.15) is 0 Å². The van der Waals surface area contributed by atoms with E-state index in [9.17, 15) is 8.42 Å². The number of hydrogen-bond acceptors (Lipinski definition) is 2. The molecule has 1 rings (SSSR count). The van der Waals surface area contributed by atoms with E-state index in [4.69, 9.17) is 23.4 Å². The molecule has 0 heterocycles. The van der Waals surface area contributed by atoms with Crippen LogP contribution in [0.3, 0.4) is 0 Å². The maximum atomic E-state index is 11.2. The minimum atomic E-state index is -3.58. The van der Waals surface area contributed by atoms with Crippen LogP contribution in [0.25, 0.3) is 0 Å². The molecule has 6 heteroatoms. The Morgan fingerprint density at radius 3 is 2.46 bits per heavy atom. The minimum absolute atomic E-state index is 0.101. The lowest BCUT2D eigenvalue weighted by atomic mass is 10.2. The van der Waals surface area contributed by atoms with Crippen molar-refractivity contribution < 1.29 is 8.42 Å². The fourth-order valence-electron chi connectivity index (χ4n) is 0.829. The van der Waals surface area contributed by atoms with Gasteiger partial charge in [-0.1, -0.05) is 11.6 Å². The molecule has 13 heavy (non-hydrogen) atoms. The average molecular weight is 240 g/mol. The van der Waals surface area contributed by atoms with Gasteiger partial charge in [-0.15, -0.1) is 4.24 Å². The van der Waals surface area contributed by atoms with Crippen molar-refractivity contribution in [1.29, 1.82) is 0 Å². The molecule has 0 aliphatic heterocycles. The van der Waals surface area contributed by atoms with Gasteiger partial charge in [0.15, 0.2) is 0 Å². The minimum Gasteiger partial charge on any atom is -0.206 e. The van der Waals surface area contributed by atoms with E-state index in [0.717, 1.165) is 0 Å². The number of sulfonamides is 1. The summed E-state index contributed by atoms with van der Waals surface area (Å²) in [6.45, 7) is 1.72. The van der Waals surface area contributed by atoms with E-state index >= 15 is 0 Å². The average Bonchev–Trinajstić information content (AvgIpc) is 2.09. The lowest BCUT2D eigenvalue weighted by Crippen LogP contribution is -2.13. The summed E-state index contributed by atoms with van der Waals surface area (Å²) in [6.07, 6.45) is 0. The Morgan fingerprint density at radius 2 is 2.00 bits per heavy atom. The monoisotopic (exact) mass is 239 g/mol. The van der Waals surface area contributed by atoms with Crippen molar-refractivity contribution in [1.82, 2.24) is 4.24 Å². The van der Waals surface area contributed by atoms with Gasteiger partial charge in [0.25, 0.3) is 10.0 Å². The zero-order valence-electron chi connectivity index (χ0n) is 6.71. The van der Waals surface area contributed by atoms with Crippen LogP contribution >= 0.6 is 23.4 Å². The van der Waals surface area contributed by atoms with E-state index in [0.29, 0.717) is 10.6 Å². The molecule has 1 aromatic carbocycles. The van der Waals surface area contributed by atoms with E-state index in [1.165, 1.54) is 18.2 Å². The summed E-state index contributed by atoms with van der Waals surface area (Å²) >= 11 is 10.8. The second-order valence-electron chi connectivity index (χ2n) is 2.49. The van der Waals surface area contributed by atoms with Crippen LogP contribution in [0.5, 0.6) is 0 Å².